The van der Waals surface area contributed by atoms with Crippen molar-refractivity contribution in [2.24, 2.45) is 11.8 Å². The van der Waals surface area contributed by atoms with Gasteiger partial charge in [0.25, 0.3) is 0 Å². The molecule has 0 radical (unpaired) electrons. The van der Waals surface area contributed by atoms with Crippen LogP contribution in [-0.4, -0.2) is 29.0 Å². The zero-order valence-corrected chi connectivity index (χ0v) is 9.66. The smallest absolute Gasteiger partial charge is 0.223 e. The van der Waals surface area contributed by atoms with Crippen molar-refractivity contribution in [3.8, 4) is 0 Å². The fraction of sp³-hybridized carbons (Fsp3) is 0.636. The van der Waals surface area contributed by atoms with Crippen molar-refractivity contribution in [1.29, 1.82) is 0 Å². The highest BCUT2D eigenvalue weighted by molar-refractivity contribution is 5.79. The van der Waals surface area contributed by atoms with Crippen molar-refractivity contribution in [3.05, 3.63) is 18.2 Å². The van der Waals surface area contributed by atoms with Crippen molar-refractivity contribution >= 4 is 5.91 Å². The molecule has 1 aliphatic rings. The molecule has 0 aliphatic carbocycles. The van der Waals surface area contributed by atoms with Crippen LogP contribution in [-0.2, 0) is 4.79 Å². The number of nitrogens with zero attached hydrogens (tertiary/aromatic N) is 1. The molecule has 1 aliphatic heterocycles. The fourth-order valence-corrected chi connectivity index (χ4v) is 1.81. The van der Waals surface area contributed by atoms with Crippen LogP contribution in [0.25, 0.3) is 0 Å². The number of hydrogen-bond donors (Lipinski definition) is 3. The first kappa shape index (κ1) is 11.1. The molecule has 1 fully saturated rings. The number of hydrogen-bond acceptors (Lipinski definition) is 3. The number of aromatic amines is 1. The Bertz CT molecular complexity index is 345. The molecule has 2 unspecified atom stereocenters. The molecular formula is C11H18N4O. The van der Waals surface area contributed by atoms with Gasteiger partial charge in [0.2, 0.25) is 5.91 Å². The van der Waals surface area contributed by atoms with Gasteiger partial charge in [0, 0.05) is 18.3 Å². The second-order valence-electron chi connectivity index (χ2n) is 4.41. The average molecular weight is 222 g/mol. The average Bonchev–Trinajstić information content (AvgIpc) is 2.67. The van der Waals surface area contributed by atoms with E-state index < -0.39 is 0 Å². The van der Waals surface area contributed by atoms with E-state index in [0.717, 1.165) is 18.9 Å². The van der Waals surface area contributed by atoms with Gasteiger partial charge in [0.05, 0.1) is 6.04 Å². The first-order valence-electron chi connectivity index (χ1n) is 5.69. The number of carbonyl (C=O) groups excluding carboxylic acids is 1. The minimum absolute atomic E-state index is 0.0574. The Kier molecular flexibility index (Phi) is 3.24. The second-order valence-corrected chi connectivity index (χ2v) is 4.41. The Morgan fingerprint density at radius 1 is 1.56 bits per heavy atom. The van der Waals surface area contributed by atoms with E-state index in [1.807, 2.05) is 13.8 Å². The van der Waals surface area contributed by atoms with Crippen LogP contribution in [0, 0.1) is 11.8 Å². The Hall–Kier alpha value is -1.36. The number of carbonyl (C=O) groups is 1. The van der Waals surface area contributed by atoms with E-state index in [4.69, 9.17) is 0 Å². The number of imidazole rings is 1. The van der Waals surface area contributed by atoms with Crippen LogP contribution < -0.4 is 10.6 Å². The number of H-pyrrole nitrogens is 1. The van der Waals surface area contributed by atoms with Gasteiger partial charge >= 0.3 is 0 Å². The molecule has 3 N–H and O–H groups in total. The van der Waals surface area contributed by atoms with E-state index in [0.29, 0.717) is 5.92 Å². The summed E-state index contributed by atoms with van der Waals surface area (Å²) in [5.74, 6) is 1.45. The fourth-order valence-electron chi connectivity index (χ4n) is 1.81. The Balaban J connectivity index is 1.86. The second kappa shape index (κ2) is 4.65. The quantitative estimate of drug-likeness (QED) is 0.692. The van der Waals surface area contributed by atoms with Gasteiger partial charge in [-0.05, 0) is 25.9 Å². The summed E-state index contributed by atoms with van der Waals surface area (Å²) < 4.78 is 0. The van der Waals surface area contributed by atoms with Gasteiger partial charge in [-0.25, -0.2) is 4.98 Å². The summed E-state index contributed by atoms with van der Waals surface area (Å²) in [6.45, 7) is 5.81. The monoisotopic (exact) mass is 222 g/mol. The highest BCUT2D eigenvalue weighted by atomic mass is 16.1. The van der Waals surface area contributed by atoms with Gasteiger partial charge in [-0.1, -0.05) is 6.92 Å². The van der Waals surface area contributed by atoms with Gasteiger partial charge < -0.3 is 15.6 Å². The van der Waals surface area contributed by atoms with Gasteiger partial charge in [0.1, 0.15) is 5.82 Å². The SMILES string of the molecule is CC(NC(=O)C(C)C1CNC1)c1ncc[nH]1. The maximum absolute atomic E-state index is 11.9. The predicted molar refractivity (Wildman–Crippen MR) is 60.7 cm³/mol. The van der Waals surface area contributed by atoms with Crippen LogP contribution in [0.1, 0.15) is 25.7 Å². The third-order valence-electron chi connectivity index (χ3n) is 3.22. The number of nitrogens with one attached hydrogen (secondary N) is 3. The van der Waals surface area contributed by atoms with Crippen LogP contribution in [0.15, 0.2) is 12.4 Å². The van der Waals surface area contributed by atoms with Crippen molar-refractivity contribution in [1.82, 2.24) is 20.6 Å². The standard InChI is InChI=1S/C11H18N4O/c1-7(9-5-12-6-9)11(16)15-8(2)10-13-3-4-14-10/h3-4,7-9,12H,5-6H2,1-2H3,(H,13,14)(H,15,16). The van der Waals surface area contributed by atoms with E-state index in [2.05, 4.69) is 20.6 Å². The summed E-state index contributed by atoms with van der Waals surface area (Å²) in [6.07, 6.45) is 3.45. The van der Waals surface area contributed by atoms with Gasteiger partial charge in [-0.3, -0.25) is 4.79 Å². The lowest BCUT2D eigenvalue weighted by molar-refractivity contribution is -0.127. The van der Waals surface area contributed by atoms with Gasteiger partial charge in [0.15, 0.2) is 0 Å². The third-order valence-corrected chi connectivity index (χ3v) is 3.22. The summed E-state index contributed by atoms with van der Waals surface area (Å²) in [4.78, 5) is 19.0. The zero-order valence-electron chi connectivity index (χ0n) is 9.66. The molecule has 0 bridgehead atoms. The van der Waals surface area contributed by atoms with Crippen LogP contribution in [0.2, 0.25) is 0 Å². The third kappa shape index (κ3) is 2.24. The summed E-state index contributed by atoms with van der Waals surface area (Å²) in [6, 6.07) is -0.0574. The van der Waals surface area contributed by atoms with Crippen molar-refractivity contribution in [3.63, 3.8) is 0 Å². The molecule has 1 saturated heterocycles. The van der Waals surface area contributed by atoms with Crippen molar-refractivity contribution < 1.29 is 4.79 Å². The molecule has 2 rings (SSSR count). The van der Waals surface area contributed by atoms with Crippen LogP contribution in [0.3, 0.4) is 0 Å². The summed E-state index contributed by atoms with van der Waals surface area (Å²) in [7, 11) is 0. The topological polar surface area (TPSA) is 69.8 Å². The predicted octanol–water partition coefficient (Wildman–Crippen LogP) is 0.442. The highest BCUT2D eigenvalue weighted by Gasteiger charge is 2.29. The molecule has 1 amide bonds. The molecule has 16 heavy (non-hydrogen) atoms. The zero-order chi connectivity index (χ0) is 11.5. The lowest BCUT2D eigenvalue weighted by Crippen LogP contribution is -2.49. The van der Waals surface area contributed by atoms with Crippen LogP contribution in [0.4, 0.5) is 0 Å². The normalized spacial score (nSPS) is 19.9. The largest absolute Gasteiger partial charge is 0.347 e. The van der Waals surface area contributed by atoms with Crippen LogP contribution >= 0.6 is 0 Å². The molecule has 0 saturated carbocycles. The van der Waals surface area contributed by atoms with E-state index in [-0.39, 0.29) is 17.9 Å². The van der Waals surface area contributed by atoms with E-state index in [1.54, 1.807) is 12.4 Å². The van der Waals surface area contributed by atoms with Gasteiger partial charge in [-0.2, -0.15) is 0 Å². The lowest BCUT2D eigenvalue weighted by Gasteiger charge is -2.32. The molecule has 88 valence electrons. The first-order valence-corrected chi connectivity index (χ1v) is 5.69. The van der Waals surface area contributed by atoms with Crippen molar-refractivity contribution in [2.75, 3.05) is 13.1 Å². The summed E-state index contributed by atoms with van der Waals surface area (Å²) >= 11 is 0. The van der Waals surface area contributed by atoms with Crippen LogP contribution in [0.5, 0.6) is 0 Å². The first-order chi connectivity index (χ1) is 7.68. The Morgan fingerprint density at radius 3 is 2.81 bits per heavy atom. The number of rotatable bonds is 4. The molecule has 2 heterocycles. The van der Waals surface area contributed by atoms with E-state index in [9.17, 15) is 4.79 Å². The summed E-state index contributed by atoms with van der Waals surface area (Å²) in [5.41, 5.74) is 0. The molecule has 5 heteroatoms. The highest BCUT2D eigenvalue weighted by Crippen LogP contribution is 2.17. The van der Waals surface area contributed by atoms with Gasteiger partial charge in [-0.15, -0.1) is 0 Å². The lowest BCUT2D eigenvalue weighted by atomic mass is 9.88. The maximum Gasteiger partial charge on any atom is 0.223 e. The molecule has 0 aromatic carbocycles. The Morgan fingerprint density at radius 2 is 2.31 bits per heavy atom. The number of amides is 1. The minimum atomic E-state index is -0.0574. The molecular weight excluding hydrogens is 204 g/mol. The Labute approximate surface area is 95.0 Å². The summed E-state index contributed by atoms with van der Waals surface area (Å²) in [5, 5.41) is 6.15. The molecule has 1 aromatic rings. The molecule has 1 aromatic heterocycles. The van der Waals surface area contributed by atoms with Crippen molar-refractivity contribution in [2.45, 2.75) is 19.9 Å². The van der Waals surface area contributed by atoms with E-state index >= 15 is 0 Å². The van der Waals surface area contributed by atoms with E-state index in [1.165, 1.54) is 0 Å². The number of aromatic nitrogens is 2. The molecule has 0 spiro atoms. The molecule has 2 atom stereocenters. The minimum Gasteiger partial charge on any atom is -0.347 e. The molecule has 5 nitrogen and oxygen atoms in total. The maximum atomic E-state index is 11.9.